The van der Waals surface area contributed by atoms with Crippen molar-refractivity contribution in [3.63, 3.8) is 0 Å². The number of carbonyl (C=O) groups is 2. The number of hydrogen-bond donors (Lipinski definition) is 1. The van der Waals surface area contributed by atoms with E-state index in [9.17, 15) is 18.0 Å². The lowest BCUT2D eigenvalue weighted by Crippen LogP contribution is -2.55. The lowest BCUT2D eigenvalue weighted by atomic mass is 10.1. The van der Waals surface area contributed by atoms with Crippen LogP contribution < -0.4 is 9.62 Å². The zero-order valence-electron chi connectivity index (χ0n) is 23.6. The molecular weight excluding hydrogens is 605 g/mol. The van der Waals surface area contributed by atoms with Gasteiger partial charge in [-0.1, -0.05) is 65.5 Å². The maximum atomic E-state index is 14.1. The highest BCUT2D eigenvalue weighted by molar-refractivity contribution is 7.92. The molecule has 11 heteroatoms. The van der Waals surface area contributed by atoms with E-state index in [0.717, 1.165) is 9.87 Å². The Morgan fingerprint density at radius 2 is 1.49 bits per heavy atom. The molecule has 2 amide bonds. The van der Waals surface area contributed by atoms with Crippen molar-refractivity contribution in [3.8, 4) is 0 Å². The van der Waals surface area contributed by atoms with Gasteiger partial charge >= 0.3 is 0 Å². The van der Waals surface area contributed by atoms with Gasteiger partial charge in [-0.15, -0.1) is 0 Å². The summed E-state index contributed by atoms with van der Waals surface area (Å²) in [5.74, 6) is -0.939. The second-order valence-electron chi connectivity index (χ2n) is 10.7. The van der Waals surface area contributed by atoms with Gasteiger partial charge in [0.05, 0.1) is 10.6 Å². The highest BCUT2D eigenvalue weighted by Gasteiger charge is 2.35. The topological polar surface area (TPSA) is 86.8 Å². The summed E-state index contributed by atoms with van der Waals surface area (Å²) in [5.41, 5.74) is 1.24. The molecule has 1 atom stereocenters. The van der Waals surface area contributed by atoms with Crippen LogP contribution in [0.1, 0.15) is 45.2 Å². The fourth-order valence-electron chi connectivity index (χ4n) is 4.18. The standard InChI is InChI=1S/C30H34Cl3N3O4S/c1-6-27(29(38)34-30(3,4)5)35(18-21-9-10-23(32)17-26(21)33)28(37)19-36(24-13-7-20(2)8-14-24)41(39,40)25-15-11-22(31)12-16-25/h7-17,27H,6,18-19H2,1-5H3,(H,34,38). The summed E-state index contributed by atoms with van der Waals surface area (Å²) >= 11 is 18.5. The number of sulfonamides is 1. The van der Waals surface area contributed by atoms with Crippen LogP contribution in [-0.2, 0) is 26.2 Å². The SMILES string of the molecule is CCC(C(=O)NC(C)(C)C)N(Cc1ccc(Cl)cc1Cl)C(=O)CN(c1ccc(C)cc1)S(=O)(=O)c1ccc(Cl)cc1. The molecule has 0 aliphatic rings. The van der Waals surface area contributed by atoms with Gasteiger partial charge in [-0.2, -0.15) is 0 Å². The summed E-state index contributed by atoms with van der Waals surface area (Å²) in [5, 5.41) is 4.06. The van der Waals surface area contributed by atoms with Crippen LogP contribution in [0.15, 0.2) is 71.6 Å². The monoisotopic (exact) mass is 637 g/mol. The van der Waals surface area contributed by atoms with Crippen molar-refractivity contribution >= 4 is 62.3 Å². The van der Waals surface area contributed by atoms with Crippen molar-refractivity contribution in [2.24, 2.45) is 0 Å². The van der Waals surface area contributed by atoms with Crippen LogP contribution >= 0.6 is 34.8 Å². The number of anilines is 1. The fraction of sp³-hybridized carbons (Fsp3) is 0.333. The second kappa shape index (κ2) is 13.5. The van der Waals surface area contributed by atoms with Crippen LogP contribution in [0.4, 0.5) is 5.69 Å². The zero-order valence-corrected chi connectivity index (χ0v) is 26.7. The molecule has 0 saturated carbocycles. The quantitative estimate of drug-likeness (QED) is 0.263. The van der Waals surface area contributed by atoms with Gasteiger partial charge in [-0.25, -0.2) is 8.42 Å². The minimum Gasteiger partial charge on any atom is -0.350 e. The Balaban J connectivity index is 2.09. The molecule has 3 rings (SSSR count). The van der Waals surface area contributed by atoms with Crippen molar-refractivity contribution in [1.29, 1.82) is 0 Å². The molecule has 0 spiro atoms. The smallest absolute Gasteiger partial charge is 0.264 e. The lowest BCUT2D eigenvalue weighted by molar-refractivity contribution is -0.141. The van der Waals surface area contributed by atoms with E-state index in [4.69, 9.17) is 34.8 Å². The Kier molecular flexibility index (Phi) is 10.7. The lowest BCUT2D eigenvalue weighted by Gasteiger charge is -2.35. The van der Waals surface area contributed by atoms with Gasteiger partial charge in [0.2, 0.25) is 11.8 Å². The average molecular weight is 639 g/mol. The van der Waals surface area contributed by atoms with Gasteiger partial charge in [0.15, 0.2) is 0 Å². The molecule has 7 nitrogen and oxygen atoms in total. The van der Waals surface area contributed by atoms with Gasteiger partial charge in [-0.05, 0) is 88.2 Å². The number of benzene rings is 3. The first-order valence-corrected chi connectivity index (χ1v) is 15.6. The number of aryl methyl sites for hydroxylation is 1. The molecular formula is C30H34Cl3N3O4S. The van der Waals surface area contributed by atoms with Crippen molar-refractivity contribution in [1.82, 2.24) is 10.2 Å². The average Bonchev–Trinajstić information content (AvgIpc) is 2.88. The van der Waals surface area contributed by atoms with E-state index in [-0.39, 0.29) is 23.8 Å². The summed E-state index contributed by atoms with van der Waals surface area (Å²) in [4.78, 5) is 28.9. The Morgan fingerprint density at radius 3 is 2.02 bits per heavy atom. The van der Waals surface area contributed by atoms with E-state index in [2.05, 4.69) is 5.32 Å². The highest BCUT2D eigenvalue weighted by atomic mass is 35.5. The van der Waals surface area contributed by atoms with Crippen LogP contribution in [-0.4, -0.2) is 43.3 Å². The van der Waals surface area contributed by atoms with Crippen LogP contribution in [0.25, 0.3) is 0 Å². The molecule has 0 saturated heterocycles. The number of carbonyl (C=O) groups excluding carboxylic acids is 2. The van der Waals surface area contributed by atoms with Gasteiger partial charge in [0, 0.05) is 27.2 Å². The van der Waals surface area contributed by atoms with E-state index >= 15 is 0 Å². The molecule has 41 heavy (non-hydrogen) atoms. The molecule has 0 radical (unpaired) electrons. The van der Waals surface area contributed by atoms with Crippen molar-refractivity contribution in [2.45, 2.75) is 64.1 Å². The summed E-state index contributed by atoms with van der Waals surface area (Å²) in [6.45, 7) is 8.61. The maximum absolute atomic E-state index is 14.1. The Bertz CT molecular complexity index is 1490. The number of rotatable bonds is 10. The van der Waals surface area contributed by atoms with E-state index in [1.54, 1.807) is 49.4 Å². The van der Waals surface area contributed by atoms with Crippen LogP contribution in [0.3, 0.4) is 0 Å². The first-order valence-electron chi connectivity index (χ1n) is 13.0. The normalized spacial score (nSPS) is 12.5. The molecule has 0 aliphatic heterocycles. The first kappa shape index (κ1) is 32.7. The van der Waals surface area contributed by atoms with Crippen molar-refractivity contribution in [3.05, 3.63) is 92.9 Å². The van der Waals surface area contributed by atoms with Gasteiger partial charge < -0.3 is 10.2 Å². The second-order valence-corrected chi connectivity index (χ2v) is 13.9. The van der Waals surface area contributed by atoms with Crippen LogP contribution in [0.2, 0.25) is 15.1 Å². The number of nitrogens with one attached hydrogen (secondary N) is 1. The number of halogens is 3. The highest BCUT2D eigenvalue weighted by Crippen LogP contribution is 2.28. The van der Waals surface area contributed by atoms with E-state index < -0.39 is 34.1 Å². The molecule has 0 heterocycles. The minimum absolute atomic E-state index is 0.0277. The van der Waals surface area contributed by atoms with Gasteiger partial charge in [0.25, 0.3) is 10.0 Å². The van der Waals surface area contributed by atoms with Crippen LogP contribution in [0, 0.1) is 6.92 Å². The number of hydrogen-bond acceptors (Lipinski definition) is 4. The Morgan fingerprint density at radius 1 is 0.902 bits per heavy atom. The predicted octanol–water partition coefficient (Wildman–Crippen LogP) is 6.87. The van der Waals surface area contributed by atoms with Gasteiger partial charge in [0.1, 0.15) is 12.6 Å². The van der Waals surface area contributed by atoms with Crippen LogP contribution in [0.5, 0.6) is 0 Å². The Hall–Kier alpha value is -2.78. The molecule has 0 bridgehead atoms. The third-order valence-corrected chi connectivity index (χ3v) is 8.87. The fourth-order valence-corrected chi connectivity index (χ4v) is 6.19. The molecule has 220 valence electrons. The molecule has 1 N–H and O–H groups in total. The third-order valence-electron chi connectivity index (χ3n) is 6.24. The number of amides is 2. The predicted molar refractivity (Wildman–Crippen MR) is 166 cm³/mol. The summed E-state index contributed by atoms with van der Waals surface area (Å²) in [6.07, 6.45) is 0.285. The van der Waals surface area contributed by atoms with E-state index in [1.807, 2.05) is 27.7 Å². The molecule has 0 aliphatic carbocycles. The van der Waals surface area contributed by atoms with Crippen molar-refractivity contribution in [2.75, 3.05) is 10.8 Å². The molecule has 3 aromatic carbocycles. The van der Waals surface area contributed by atoms with Crippen molar-refractivity contribution < 1.29 is 18.0 Å². The largest absolute Gasteiger partial charge is 0.350 e. The molecule has 0 fully saturated rings. The number of nitrogens with zero attached hydrogens (tertiary/aromatic N) is 2. The third kappa shape index (κ3) is 8.61. The zero-order chi connectivity index (χ0) is 30.5. The first-order chi connectivity index (χ1) is 19.1. The molecule has 0 aromatic heterocycles. The van der Waals surface area contributed by atoms with Gasteiger partial charge in [-0.3, -0.25) is 13.9 Å². The maximum Gasteiger partial charge on any atom is 0.264 e. The Labute approximate surface area is 257 Å². The van der Waals surface area contributed by atoms with E-state index in [0.29, 0.717) is 26.3 Å². The summed E-state index contributed by atoms with van der Waals surface area (Å²) in [6, 6.07) is 16.5. The minimum atomic E-state index is -4.20. The molecule has 1 unspecified atom stereocenters. The summed E-state index contributed by atoms with van der Waals surface area (Å²) in [7, 11) is -4.20. The molecule has 3 aromatic rings. The summed E-state index contributed by atoms with van der Waals surface area (Å²) < 4.78 is 28.8. The van der Waals surface area contributed by atoms with E-state index in [1.165, 1.54) is 29.2 Å².